The molecular weight excluding hydrogens is 226 g/mol. The molecule has 1 fully saturated rings. The Labute approximate surface area is 109 Å². The minimum atomic E-state index is 0.113. The summed E-state index contributed by atoms with van der Waals surface area (Å²) in [5.74, 6) is 0.421. The molecule has 0 aromatic heterocycles. The van der Waals surface area contributed by atoms with E-state index in [2.05, 4.69) is 12.2 Å². The molecule has 18 heavy (non-hydrogen) atoms. The maximum absolute atomic E-state index is 11.8. The first-order valence-electron chi connectivity index (χ1n) is 6.68. The van der Waals surface area contributed by atoms with Crippen LogP contribution in [0.5, 0.6) is 0 Å². The van der Waals surface area contributed by atoms with Gasteiger partial charge in [-0.15, -0.1) is 0 Å². The zero-order valence-electron chi connectivity index (χ0n) is 10.9. The van der Waals surface area contributed by atoms with Gasteiger partial charge in [-0.05, 0) is 24.3 Å². The van der Waals surface area contributed by atoms with Crippen molar-refractivity contribution in [2.75, 3.05) is 6.61 Å². The van der Waals surface area contributed by atoms with Crippen LogP contribution in [-0.4, -0.2) is 18.6 Å². The molecule has 0 unspecified atom stereocenters. The number of carbonyl (C=O) groups is 1. The first-order chi connectivity index (χ1) is 8.75. The van der Waals surface area contributed by atoms with Crippen molar-refractivity contribution < 1.29 is 9.53 Å². The predicted molar refractivity (Wildman–Crippen MR) is 71.0 cm³/mol. The highest BCUT2D eigenvalue weighted by Gasteiger charge is 2.24. The van der Waals surface area contributed by atoms with Gasteiger partial charge in [0, 0.05) is 19.6 Å². The highest BCUT2D eigenvalue weighted by Crippen LogP contribution is 2.22. The fraction of sp³-hybridized carbons (Fsp3) is 0.533. The van der Waals surface area contributed by atoms with Gasteiger partial charge < -0.3 is 10.1 Å². The van der Waals surface area contributed by atoms with Gasteiger partial charge in [0.1, 0.15) is 0 Å². The van der Waals surface area contributed by atoms with E-state index in [-0.39, 0.29) is 12.0 Å². The van der Waals surface area contributed by atoms with Gasteiger partial charge in [-0.25, -0.2) is 0 Å². The third-order valence-corrected chi connectivity index (χ3v) is 3.44. The molecule has 0 aliphatic carbocycles. The lowest BCUT2D eigenvalue weighted by Gasteiger charge is -2.17. The zero-order chi connectivity index (χ0) is 12.8. The Kier molecular flexibility index (Phi) is 4.76. The summed E-state index contributed by atoms with van der Waals surface area (Å²) in [6.07, 6.45) is 3.04. The van der Waals surface area contributed by atoms with E-state index in [4.69, 9.17) is 4.74 Å². The Morgan fingerprint density at radius 1 is 1.44 bits per heavy atom. The van der Waals surface area contributed by atoms with E-state index in [1.54, 1.807) is 0 Å². The molecule has 1 saturated heterocycles. The van der Waals surface area contributed by atoms with Gasteiger partial charge in [0.05, 0.1) is 6.10 Å². The summed E-state index contributed by atoms with van der Waals surface area (Å²) in [7, 11) is 0. The molecular formula is C15H21NO2. The van der Waals surface area contributed by atoms with Crippen LogP contribution in [0.1, 0.15) is 31.7 Å². The number of rotatable bonds is 5. The van der Waals surface area contributed by atoms with Crippen molar-refractivity contribution in [3.63, 3.8) is 0 Å². The molecule has 0 bridgehead atoms. The molecule has 2 atom stereocenters. The quantitative estimate of drug-likeness (QED) is 0.868. The summed E-state index contributed by atoms with van der Waals surface area (Å²) in [5, 5.41) is 2.96. The van der Waals surface area contributed by atoms with Gasteiger partial charge >= 0.3 is 0 Å². The average molecular weight is 247 g/mol. The zero-order valence-corrected chi connectivity index (χ0v) is 10.9. The summed E-state index contributed by atoms with van der Waals surface area (Å²) in [6.45, 7) is 3.55. The molecule has 1 amide bonds. The minimum Gasteiger partial charge on any atom is -0.378 e. The fourth-order valence-corrected chi connectivity index (χ4v) is 2.34. The van der Waals surface area contributed by atoms with Gasteiger partial charge in [0.2, 0.25) is 5.91 Å². The van der Waals surface area contributed by atoms with E-state index >= 15 is 0 Å². The number of benzene rings is 1. The molecule has 1 aromatic rings. The molecule has 1 aliphatic rings. The van der Waals surface area contributed by atoms with Crippen LogP contribution in [0, 0.1) is 5.92 Å². The second kappa shape index (κ2) is 6.55. The smallest absolute Gasteiger partial charge is 0.220 e. The maximum atomic E-state index is 11.8. The molecule has 2 rings (SSSR count). The van der Waals surface area contributed by atoms with Crippen molar-refractivity contribution >= 4 is 5.91 Å². The van der Waals surface area contributed by atoms with Crippen LogP contribution in [0.15, 0.2) is 30.3 Å². The van der Waals surface area contributed by atoms with E-state index in [9.17, 15) is 4.79 Å². The summed E-state index contributed by atoms with van der Waals surface area (Å²) in [5.41, 5.74) is 1.13. The standard InChI is InChI=1S/C15H21NO2/c1-12(14-8-5-9-18-14)10-15(17)16-11-13-6-3-2-4-7-13/h2-4,6-7,12,14H,5,8-11H2,1H3,(H,16,17)/t12-,14-/m1/s1. The first-order valence-corrected chi connectivity index (χ1v) is 6.68. The summed E-state index contributed by atoms with van der Waals surface area (Å²) in [4.78, 5) is 11.8. The van der Waals surface area contributed by atoms with Crippen LogP contribution in [0.2, 0.25) is 0 Å². The summed E-state index contributed by atoms with van der Waals surface area (Å²) >= 11 is 0. The largest absolute Gasteiger partial charge is 0.378 e. The molecule has 0 spiro atoms. The van der Waals surface area contributed by atoms with E-state index in [1.165, 1.54) is 0 Å². The van der Waals surface area contributed by atoms with Gasteiger partial charge in [0.15, 0.2) is 0 Å². The lowest BCUT2D eigenvalue weighted by molar-refractivity contribution is -0.123. The van der Waals surface area contributed by atoms with Crippen molar-refractivity contribution in [2.24, 2.45) is 5.92 Å². The predicted octanol–water partition coefficient (Wildman–Crippen LogP) is 2.51. The molecule has 0 radical (unpaired) electrons. The highest BCUT2D eigenvalue weighted by atomic mass is 16.5. The van der Waals surface area contributed by atoms with Crippen molar-refractivity contribution in [3.8, 4) is 0 Å². The second-order valence-electron chi connectivity index (χ2n) is 5.00. The molecule has 1 aromatic carbocycles. The minimum absolute atomic E-state index is 0.113. The van der Waals surface area contributed by atoms with Gasteiger partial charge in [0.25, 0.3) is 0 Å². The number of carbonyl (C=O) groups excluding carboxylic acids is 1. The first kappa shape index (κ1) is 13.1. The number of ether oxygens (including phenoxy) is 1. The van der Waals surface area contributed by atoms with Crippen LogP contribution in [0.3, 0.4) is 0 Å². The van der Waals surface area contributed by atoms with Crippen molar-refractivity contribution in [3.05, 3.63) is 35.9 Å². The monoisotopic (exact) mass is 247 g/mol. The van der Waals surface area contributed by atoms with E-state index in [1.807, 2.05) is 30.3 Å². The third-order valence-electron chi connectivity index (χ3n) is 3.44. The van der Waals surface area contributed by atoms with Crippen molar-refractivity contribution in [1.29, 1.82) is 0 Å². The van der Waals surface area contributed by atoms with Gasteiger partial charge in [-0.2, -0.15) is 0 Å². The van der Waals surface area contributed by atoms with Crippen molar-refractivity contribution in [1.82, 2.24) is 5.32 Å². The average Bonchev–Trinajstić information content (AvgIpc) is 2.91. The Morgan fingerprint density at radius 3 is 2.89 bits per heavy atom. The van der Waals surface area contributed by atoms with E-state index < -0.39 is 0 Å². The fourth-order valence-electron chi connectivity index (χ4n) is 2.34. The lowest BCUT2D eigenvalue weighted by Crippen LogP contribution is -2.28. The molecule has 1 heterocycles. The van der Waals surface area contributed by atoms with E-state index in [0.717, 1.165) is 25.0 Å². The van der Waals surface area contributed by atoms with Crippen LogP contribution in [0.4, 0.5) is 0 Å². The molecule has 3 nitrogen and oxygen atoms in total. The normalized spacial score (nSPS) is 20.6. The van der Waals surface area contributed by atoms with Crippen LogP contribution in [0.25, 0.3) is 0 Å². The topological polar surface area (TPSA) is 38.3 Å². The summed E-state index contributed by atoms with van der Waals surface area (Å²) in [6, 6.07) is 9.98. The molecule has 98 valence electrons. The highest BCUT2D eigenvalue weighted by molar-refractivity contribution is 5.76. The molecule has 3 heteroatoms. The Balaban J connectivity index is 1.71. The van der Waals surface area contributed by atoms with E-state index in [0.29, 0.717) is 18.9 Å². The molecule has 1 N–H and O–H groups in total. The summed E-state index contributed by atoms with van der Waals surface area (Å²) < 4.78 is 5.60. The third kappa shape index (κ3) is 3.84. The van der Waals surface area contributed by atoms with Gasteiger partial charge in [-0.1, -0.05) is 37.3 Å². The Morgan fingerprint density at radius 2 is 2.22 bits per heavy atom. The van der Waals surface area contributed by atoms with Gasteiger partial charge in [-0.3, -0.25) is 4.79 Å². The lowest BCUT2D eigenvalue weighted by atomic mass is 9.98. The van der Waals surface area contributed by atoms with Crippen LogP contribution in [-0.2, 0) is 16.1 Å². The number of hydrogen-bond acceptors (Lipinski definition) is 2. The Hall–Kier alpha value is -1.35. The Bertz CT molecular complexity index is 371. The van der Waals surface area contributed by atoms with Crippen molar-refractivity contribution in [2.45, 2.75) is 38.8 Å². The molecule has 0 saturated carbocycles. The maximum Gasteiger partial charge on any atom is 0.220 e. The van der Waals surface area contributed by atoms with Crippen LogP contribution >= 0.6 is 0 Å². The van der Waals surface area contributed by atoms with Crippen LogP contribution < -0.4 is 5.32 Å². The second-order valence-corrected chi connectivity index (χ2v) is 5.00. The SMILES string of the molecule is C[C@H](CC(=O)NCc1ccccc1)[C@H]1CCCO1. The molecule has 1 aliphatic heterocycles. The number of amides is 1. The number of nitrogens with one attached hydrogen (secondary N) is 1. The number of hydrogen-bond donors (Lipinski definition) is 1.